The van der Waals surface area contributed by atoms with Gasteiger partial charge in [-0.3, -0.25) is 5.10 Å². The first-order valence-corrected chi connectivity index (χ1v) is 8.23. The Morgan fingerprint density at radius 1 is 1.58 bits per heavy atom. The summed E-state index contributed by atoms with van der Waals surface area (Å²) < 4.78 is 26.4. The topological polar surface area (TPSA) is 103 Å². The molecule has 2 heterocycles. The lowest BCUT2D eigenvalue weighted by molar-refractivity contribution is 0.0686. The SMILES string of the molecule is Cc1[nH]nc(C(=O)O)c1S(=O)(=O)N1CCSC(C)C1. The van der Waals surface area contributed by atoms with Gasteiger partial charge in [-0.2, -0.15) is 21.2 Å². The van der Waals surface area contributed by atoms with Crippen LogP contribution in [0.3, 0.4) is 0 Å². The molecule has 1 aliphatic heterocycles. The lowest BCUT2D eigenvalue weighted by Gasteiger charge is -2.29. The first kappa shape index (κ1) is 14.4. The Morgan fingerprint density at radius 3 is 2.84 bits per heavy atom. The minimum Gasteiger partial charge on any atom is -0.476 e. The zero-order chi connectivity index (χ0) is 14.2. The Kier molecular flexibility index (Phi) is 3.88. The maximum atomic E-state index is 12.5. The fourth-order valence-corrected chi connectivity index (χ4v) is 5.06. The zero-order valence-corrected chi connectivity index (χ0v) is 12.2. The van der Waals surface area contributed by atoms with Gasteiger partial charge in [0.15, 0.2) is 5.69 Å². The average molecular weight is 305 g/mol. The molecule has 1 aromatic heterocycles. The van der Waals surface area contributed by atoms with Gasteiger partial charge < -0.3 is 5.11 Å². The average Bonchev–Trinajstić information content (AvgIpc) is 2.72. The molecule has 2 rings (SSSR count). The Bertz CT molecular complexity index is 596. The number of rotatable bonds is 3. The van der Waals surface area contributed by atoms with E-state index in [0.29, 0.717) is 18.8 Å². The summed E-state index contributed by atoms with van der Waals surface area (Å²) in [6, 6.07) is 0. The second-order valence-electron chi connectivity index (χ2n) is 4.38. The number of thioether (sulfide) groups is 1. The summed E-state index contributed by atoms with van der Waals surface area (Å²) >= 11 is 1.70. The third kappa shape index (κ3) is 2.63. The van der Waals surface area contributed by atoms with E-state index in [0.717, 1.165) is 0 Å². The van der Waals surface area contributed by atoms with Gasteiger partial charge in [0.2, 0.25) is 10.0 Å². The molecule has 1 fully saturated rings. The van der Waals surface area contributed by atoms with Gasteiger partial charge in [0.25, 0.3) is 0 Å². The molecule has 19 heavy (non-hydrogen) atoms. The minimum absolute atomic E-state index is 0.198. The van der Waals surface area contributed by atoms with Crippen molar-refractivity contribution in [3.05, 3.63) is 11.4 Å². The number of sulfonamides is 1. The third-order valence-electron chi connectivity index (χ3n) is 2.90. The van der Waals surface area contributed by atoms with Gasteiger partial charge in [0, 0.05) is 24.1 Å². The molecular weight excluding hydrogens is 290 g/mol. The van der Waals surface area contributed by atoms with Gasteiger partial charge in [-0.15, -0.1) is 0 Å². The normalized spacial score (nSPS) is 21.5. The van der Waals surface area contributed by atoms with Crippen molar-refractivity contribution in [1.29, 1.82) is 0 Å². The molecule has 1 atom stereocenters. The van der Waals surface area contributed by atoms with Gasteiger partial charge in [0.1, 0.15) is 4.90 Å². The third-order valence-corrected chi connectivity index (χ3v) is 6.06. The van der Waals surface area contributed by atoms with Crippen LogP contribution in [0.4, 0.5) is 0 Å². The summed E-state index contributed by atoms with van der Waals surface area (Å²) in [5, 5.41) is 15.2. The van der Waals surface area contributed by atoms with Crippen molar-refractivity contribution in [3.8, 4) is 0 Å². The van der Waals surface area contributed by atoms with Crippen LogP contribution in [0.25, 0.3) is 0 Å². The molecule has 7 nitrogen and oxygen atoms in total. The minimum atomic E-state index is -3.81. The number of aromatic nitrogens is 2. The molecule has 0 radical (unpaired) electrons. The van der Waals surface area contributed by atoms with Gasteiger partial charge in [-0.05, 0) is 6.92 Å². The van der Waals surface area contributed by atoms with Crippen molar-refractivity contribution in [3.63, 3.8) is 0 Å². The van der Waals surface area contributed by atoms with Crippen LogP contribution >= 0.6 is 11.8 Å². The number of nitrogens with zero attached hydrogens (tertiary/aromatic N) is 2. The fourth-order valence-electron chi connectivity index (χ4n) is 2.01. The summed E-state index contributed by atoms with van der Waals surface area (Å²) in [7, 11) is -3.81. The van der Waals surface area contributed by atoms with E-state index < -0.39 is 21.7 Å². The number of carboxylic acid groups (broad SMARTS) is 1. The van der Waals surface area contributed by atoms with Gasteiger partial charge in [-0.1, -0.05) is 6.92 Å². The Balaban J connectivity index is 2.45. The summed E-state index contributed by atoms with van der Waals surface area (Å²) in [4.78, 5) is 10.8. The Morgan fingerprint density at radius 2 is 2.26 bits per heavy atom. The first-order valence-electron chi connectivity index (χ1n) is 5.74. The molecule has 1 aliphatic rings. The number of carboxylic acids is 1. The zero-order valence-electron chi connectivity index (χ0n) is 10.6. The van der Waals surface area contributed by atoms with Crippen LogP contribution < -0.4 is 0 Å². The van der Waals surface area contributed by atoms with E-state index in [2.05, 4.69) is 10.2 Å². The molecule has 0 aliphatic carbocycles. The highest BCUT2D eigenvalue weighted by Gasteiger charge is 2.35. The van der Waals surface area contributed by atoms with E-state index in [9.17, 15) is 13.2 Å². The van der Waals surface area contributed by atoms with Crippen molar-refractivity contribution in [2.45, 2.75) is 24.0 Å². The van der Waals surface area contributed by atoms with Gasteiger partial charge in [0.05, 0.1) is 5.69 Å². The van der Waals surface area contributed by atoms with E-state index in [4.69, 9.17) is 5.11 Å². The second-order valence-corrected chi connectivity index (χ2v) is 7.80. The van der Waals surface area contributed by atoms with Crippen LogP contribution in [0.15, 0.2) is 4.90 Å². The molecule has 1 saturated heterocycles. The van der Waals surface area contributed by atoms with Crippen LogP contribution in [-0.2, 0) is 10.0 Å². The summed E-state index contributed by atoms with van der Waals surface area (Å²) in [5.74, 6) is -0.637. The maximum Gasteiger partial charge on any atom is 0.357 e. The Hall–Kier alpha value is -1.06. The number of hydrogen-bond donors (Lipinski definition) is 2. The molecule has 0 aromatic carbocycles. The predicted molar refractivity (Wildman–Crippen MR) is 71.0 cm³/mol. The maximum absolute atomic E-state index is 12.5. The molecule has 0 amide bonds. The number of carbonyl (C=O) groups is 1. The lowest BCUT2D eigenvalue weighted by Crippen LogP contribution is -2.41. The predicted octanol–water partition coefficient (Wildman–Crippen LogP) is 0.542. The number of aromatic amines is 1. The molecule has 0 saturated carbocycles. The van der Waals surface area contributed by atoms with Crippen LogP contribution in [0.5, 0.6) is 0 Å². The summed E-state index contributed by atoms with van der Waals surface area (Å²) in [6.07, 6.45) is 0. The highest BCUT2D eigenvalue weighted by molar-refractivity contribution is 8.00. The van der Waals surface area contributed by atoms with Crippen LogP contribution in [-0.4, -0.2) is 58.1 Å². The monoisotopic (exact) mass is 305 g/mol. The van der Waals surface area contributed by atoms with Crippen LogP contribution in [0.1, 0.15) is 23.1 Å². The molecule has 0 spiro atoms. The van der Waals surface area contributed by atoms with E-state index in [1.54, 1.807) is 11.8 Å². The number of aryl methyl sites for hydroxylation is 1. The van der Waals surface area contributed by atoms with Gasteiger partial charge in [-0.25, -0.2) is 13.2 Å². The lowest BCUT2D eigenvalue weighted by atomic mass is 10.4. The van der Waals surface area contributed by atoms with Gasteiger partial charge >= 0.3 is 5.97 Å². The molecular formula is C10H15N3O4S2. The second kappa shape index (κ2) is 5.14. The number of aromatic carboxylic acids is 1. The molecule has 9 heteroatoms. The summed E-state index contributed by atoms with van der Waals surface area (Å²) in [6.45, 7) is 4.23. The number of nitrogens with one attached hydrogen (secondary N) is 1. The summed E-state index contributed by atoms with van der Waals surface area (Å²) in [5.41, 5.74) is -0.188. The highest BCUT2D eigenvalue weighted by atomic mass is 32.2. The van der Waals surface area contributed by atoms with E-state index in [1.165, 1.54) is 11.2 Å². The highest BCUT2D eigenvalue weighted by Crippen LogP contribution is 2.27. The first-order chi connectivity index (χ1) is 8.84. The van der Waals surface area contributed by atoms with E-state index >= 15 is 0 Å². The molecule has 1 aromatic rings. The Labute approximate surface area is 115 Å². The number of H-pyrrole nitrogens is 1. The molecule has 2 N–H and O–H groups in total. The van der Waals surface area contributed by atoms with Crippen molar-refractivity contribution in [2.75, 3.05) is 18.8 Å². The quantitative estimate of drug-likeness (QED) is 0.845. The van der Waals surface area contributed by atoms with Crippen molar-refractivity contribution in [2.24, 2.45) is 0 Å². The smallest absolute Gasteiger partial charge is 0.357 e. The van der Waals surface area contributed by atoms with Crippen molar-refractivity contribution < 1.29 is 18.3 Å². The van der Waals surface area contributed by atoms with E-state index in [1.807, 2.05) is 6.92 Å². The molecule has 0 bridgehead atoms. The van der Waals surface area contributed by atoms with Crippen LogP contribution in [0.2, 0.25) is 0 Å². The molecule has 106 valence electrons. The standard InChI is InChI=1S/C10H15N3O4S2/c1-6-5-13(3-4-18-6)19(16,17)9-7(2)11-12-8(9)10(14)15/h6H,3-5H2,1-2H3,(H,11,12)(H,14,15). The fraction of sp³-hybridized carbons (Fsp3) is 0.600. The van der Waals surface area contributed by atoms with Crippen LogP contribution in [0, 0.1) is 6.92 Å². The number of hydrogen-bond acceptors (Lipinski definition) is 5. The van der Waals surface area contributed by atoms with Crippen molar-refractivity contribution in [1.82, 2.24) is 14.5 Å². The van der Waals surface area contributed by atoms with E-state index in [-0.39, 0.29) is 15.8 Å². The largest absolute Gasteiger partial charge is 0.476 e. The molecule has 1 unspecified atom stereocenters. The van der Waals surface area contributed by atoms with Crippen molar-refractivity contribution >= 4 is 27.8 Å².